The molecule has 19 heavy (non-hydrogen) atoms. The molecule has 0 saturated carbocycles. The number of amides is 1. The first kappa shape index (κ1) is 32.8. The van der Waals surface area contributed by atoms with Crippen LogP contribution in [0.15, 0.2) is 0 Å². The maximum absolute atomic E-state index is 11.3. The van der Waals surface area contributed by atoms with E-state index in [0.717, 1.165) is 0 Å². The standard InChI is InChI=1S/C9H17NO5.Ca.Cu.Mg.Zn.4H/c1-9(2,5-11)7(14)8(15)10-4-3-6(12)13;;;;;;;;/h7,11,14H,3-5H2,1-2H3,(H,10,15)(H,12,13);;;;;;;;/q;+2;;+2;;4*-1/t7-;;;;;;;;/m0......../s1. The van der Waals surface area contributed by atoms with Gasteiger partial charge in [-0.05, 0) is 0 Å². The first-order chi connectivity index (χ1) is 6.81. The van der Waals surface area contributed by atoms with Crippen LogP contribution in [0.3, 0.4) is 0 Å². The molecule has 1 atom stereocenters. The molecule has 0 fully saturated rings. The average molecular weight is 417 g/mol. The number of rotatable bonds is 6. The normalized spacial score (nSPS) is 10.5. The van der Waals surface area contributed by atoms with Crippen molar-refractivity contribution in [3.05, 3.63) is 0 Å². The molecule has 0 aromatic rings. The van der Waals surface area contributed by atoms with Crippen LogP contribution in [-0.2, 0) is 46.1 Å². The molecule has 0 unspecified atom stereocenters. The fourth-order valence-electron chi connectivity index (χ4n) is 0.831. The van der Waals surface area contributed by atoms with Crippen LogP contribution in [0.2, 0.25) is 0 Å². The molecule has 0 bridgehead atoms. The Morgan fingerprint density at radius 1 is 1.37 bits per heavy atom. The fraction of sp³-hybridized carbons (Fsp3) is 0.778. The predicted octanol–water partition coefficient (Wildman–Crippen LogP) is -1.36. The molecule has 0 aromatic heterocycles. The molecule has 10 heteroatoms. The number of hydrogen-bond acceptors (Lipinski definition) is 4. The van der Waals surface area contributed by atoms with Gasteiger partial charge in [-0.2, -0.15) is 0 Å². The van der Waals surface area contributed by atoms with Gasteiger partial charge in [0, 0.05) is 48.5 Å². The molecule has 109 valence electrons. The number of aliphatic carboxylic acids is 1. The topological polar surface area (TPSA) is 107 Å². The number of carboxylic acid groups (broad SMARTS) is 1. The smallest absolute Gasteiger partial charge is 1.00 e. The van der Waals surface area contributed by atoms with Gasteiger partial charge in [0.25, 0.3) is 0 Å². The number of nitrogens with one attached hydrogen (secondary N) is 1. The maximum Gasteiger partial charge on any atom is 2.00 e. The van der Waals surface area contributed by atoms with Crippen LogP contribution in [-0.4, -0.2) is 107 Å². The third-order valence-electron chi connectivity index (χ3n) is 2.03. The summed E-state index contributed by atoms with van der Waals surface area (Å²) >= 11 is 0. The molecule has 4 N–H and O–H groups in total. The molecular formula is C9H21CaCuMgNO5Zn. The number of hydrogen-bond donors (Lipinski definition) is 4. The van der Waals surface area contributed by atoms with Gasteiger partial charge in [-0.25, -0.2) is 0 Å². The summed E-state index contributed by atoms with van der Waals surface area (Å²) in [7, 11) is 0. The molecule has 0 heterocycles. The van der Waals surface area contributed by atoms with Crippen LogP contribution in [0.25, 0.3) is 0 Å². The third kappa shape index (κ3) is 14.7. The second kappa shape index (κ2) is 16.4. The van der Waals surface area contributed by atoms with E-state index in [1.807, 2.05) is 0 Å². The van der Waals surface area contributed by atoms with Crippen LogP contribution >= 0.6 is 0 Å². The van der Waals surface area contributed by atoms with E-state index in [-0.39, 0.29) is 123 Å². The van der Waals surface area contributed by atoms with Crippen molar-refractivity contribution in [2.45, 2.75) is 26.4 Å². The van der Waals surface area contributed by atoms with Crippen LogP contribution in [0.1, 0.15) is 26.0 Å². The summed E-state index contributed by atoms with van der Waals surface area (Å²) in [5, 5.41) is 29.0. The van der Waals surface area contributed by atoms with Crippen molar-refractivity contribution in [3.63, 3.8) is 0 Å². The molecule has 0 aliphatic rings. The Labute approximate surface area is 188 Å². The van der Waals surface area contributed by atoms with Gasteiger partial charge in [-0.1, -0.05) is 13.8 Å². The largest absolute Gasteiger partial charge is 2.00 e. The van der Waals surface area contributed by atoms with E-state index in [4.69, 9.17) is 10.2 Å². The third-order valence-corrected chi connectivity index (χ3v) is 2.03. The zero-order valence-corrected chi connectivity index (χ0v) is 18.8. The molecule has 0 aromatic carbocycles. The quantitative estimate of drug-likeness (QED) is 0.400. The van der Waals surface area contributed by atoms with Crippen molar-refractivity contribution in [2.24, 2.45) is 5.41 Å². The van der Waals surface area contributed by atoms with Crippen molar-refractivity contribution in [1.82, 2.24) is 5.32 Å². The van der Waals surface area contributed by atoms with Crippen molar-refractivity contribution in [3.8, 4) is 0 Å². The van der Waals surface area contributed by atoms with Gasteiger partial charge < -0.3 is 26.3 Å². The molecule has 0 aliphatic carbocycles. The van der Waals surface area contributed by atoms with E-state index in [1.54, 1.807) is 0 Å². The van der Waals surface area contributed by atoms with E-state index in [2.05, 4.69) is 5.32 Å². The summed E-state index contributed by atoms with van der Waals surface area (Å²) in [6, 6.07) is 0. The molecule has 6 nitrogen and oxygen atoms in total. The van der Waals surface area contributed by atoms with Crippen molar-refractivity contribution < 1.29 is 67.2 Å². The van der Waals surface area contributed by atoms with E-state index in [9.17, 15) is 14.7 Å². The minimum Gasteiger partial charge on any atom is -1.00 e. The Balaban J connectivity index is -0.0000000350. The SMILES string of the molecule is CC(C)(CO)[C@@H](O)C(=O)NCCC(=O)O.[Ca+2].[Cu].[H-].[H-].[H-].[H-].[Mg+2].[Zn]. The summed E-state index contributed by atoms with van der Waals surface area (Å²) in [6.07, 6.45) is -1.55. The van der Waals surface area contributed by atoms with Gasteiger partial charge in [0.15, 0.2) is 0 Å². The summed E-state index contributed by atoms with van der Waals surface area (Å²) < 4.78 is 0. The molecular weight excluding hydrogens is 395 g/mol. The average Bonchev–Trinajstić information content (AvgIpc) is 2.15. The molecule has 0 saturated heterocycles. The van der Waals surface area contributed by atoms with Crippen molar-refractivity contribution in [2.75, 3.05) is 13.2 Å². The molecule has 0 spiro atoms. The first-order valence-corrected chi connectivity index (χ1v) is 4.59. The van der Waals surface area contributed by atoms with Gasteiger partial charge in [0.2, 0.25) is 5.91 Å². The van der Waals surface area contributed by atoms with Crippen molar-refractivity contribution in [1.29, 1.82) is 0 Å². The van der Waals surface area contributed by atoms with Gasteiger partial charge in [-0.3, -0.25) is 9.59 Å². The Morgan fingerprint density at radius 2 is 1.79 bits per heavy atom. The van der Waals surface area contributed by atoms with Gasteiger partial charge in [-0.15, -0.1) is 0 Å². The van der Waals surface area contributed by atoms with E-state index >= 15 is 0 Å². The van der Waals surface area contributed by atoms with Crippen LogP contribution in [0, 0.1) is 5.41 Å². The number of carboxylic acids is 1. The van der Waals surface area contributed by atoms with Gasteiger partial charge in [0.1, 0.15) is 6.10 Å². The Bertz CT molecular complexity index is 276. The number of aliphatic hydroxyl groups is 2. The van der Waals surface area contributed by atoms with E-state index in [0.29, 0.717) is 0 Å². The van der Waals surface area contributed by atoms with Gasteiger partial charge >= 0.3 is 66.8 Å². The van der Waals surface area contributed by atoms with E-state index < -0.39 is 23.4 Å². The minimum absolute atomic E-state index is 0. The Hall–Kier alpha value is 2.03. The summed E-state index contributed by atoms with van der Waals surface area (Å²) in [6.45, 7) is 2.70. The second-order valence-corrected chi connectivity index (χ2v) is 3.98. The number of aliphatic hydroxyl groups excluding tert-OH is 2. The first-order valence-electron chi connectivity index (χ1n) is 4.59. The van der Waals surface area contributed by atoms with E-state index in [1.165, 1.54) is 13.8 Å². The van der Waals surface area contributed by atoms with Crippen LogP contribution in [0.5, 0.6) is 0 Å². The summed E-state index contributed by atoms with van der Waals surface area (Å²) in [5.74, 6) is -1.69. The monoisotopic (exact) mass is 414 g/mol. The molecule has 1 amide bonds. The number of carbonyl (C=O) groups excluding carboxylic acids is 1. The second-order valence-electron chi connectivity index (χ2n) is 3.98. The predicted molar refractivity (Wildman–Crippen MR) is 68.1 cm³/mol. The van der Waals surface area contributed by atoms with Gasteiger partial charge in [0.05, 0.1) is 13.0 Å². The summed E-state index contributed by atoms with van der Waals surface area (Å²) in [5.41, 5.74) is -0.937. The summed E-state index contributed by atoms with van der Waals surface area (Å²) in [4.78, 5) is 21.4. The zero-order chi connectivity index (χ0) is 12.1. The minimum atomic E-state index is -1.35. The number of carbonyl (C=O) groups is 2. The molecule has 0 aliphatic heterocycles. The van der Waals surface area contributed by atoms with Crippen LogP contribution < -0.4 is 5.32 Å². The Kier molecular flexibility index (Phi) is 28.3. The Morgan fingerprint density at radius 3 is 2.11 bits per heavy atom. The zero-order valence-electron chi connectivity index (χ0n) is 15.3. The molecule has 0 rings (SSSR count). The molecule has 1 radical (unpaired) electrons. The maximum atomic E-state index is 11.3. The van der Waals surface area contributed by atoms with Crippen LogP contribution in [0.4, 0.5) is 0 Å². The van der Waals surface area contributed by atoms with Crippen molar-refractivity contribution >= 4 is 72.7 Å². The fourth-order valence-corrected chi connectivity index (χ4v) is 0.831.